The molecule has 2 heterocycles. The third kappa shape index (κ3) is 6.94. The van der Waals surface area contributed by atoms with Crippen LogP contribution in [0.4, 0.5) is 4.79 Å². The molecule has 9 nitrogen and oxygen atoms in total. The van der Waals surface area contributed by atoms with Crippen molar-refractivity contribution in [2.75, 3.05) is 18.8 Å². The van der Waals surface area contributed by atoms with E-state index in [1.165, 1.54) is 4.90 Å². The minimum Gasteiger partial charge on any atom is -0.345 e. The molecular formula is C17H29N5O4S. The number of amides is 3. The number of aryl methyl sites for hydroxylation is 1. The first-order valence-electron chi connectivity index (χ1n) is 9.43. The Morgan fingerprint density at radius 3 is 2.70 bits per heavy atom. The molecule has 1 aromatic heterocycles. The number of imidazole rings is 1. The maximum absolute atomic E-state index is 12.2. The fraction of sp³-hybridized carbons (Fsp3) is 0.706. The predicted octanol–water partition coefficient (Wildman–Crippen LogP) is 1.45. The number of aromatic amines is 1. The number of sulfonamides is 1. The van der Waals surface area contributed by atoms with Crippen molar-refractivity contribution in [3.8, 4) is 0 Å². The third-order valence-electron chi connectivity index (χ3n) is 4.45. The molecular weight excluding hydrogens is 370 g/mol. The van der Waals surface area contributed by atoms with Gasteiger partial charge >= 0.3 is 6.03 Å². The maximum Gasteiger partial charge on any atom is 0.324 e. The van der Waals surface area contributed by atoms with E-state index in [1.807, 2.05) is 0 Å². The van der Waals surface area contributed by atoms with Crippen LogP contribution in [0, 0.1) is 0 Å². The smallest absolute Gasteiger partial charge is 0.324 e. The van der Waals surface area contributed by atoms with Crippen LogP contribution in [0.1, 0.15) is 63.5 Å². The van der Waals surface area contributed by atoms with Crippen LogP contribution in [0.2, 0.25) is 0 Å². The number of carbonyl (C=O) groups is 2. The second kappa shape index (κ2) is 9.84. The zero-order valence-electron chi connectivity index (χ0n) is 16.0. The SMILES string of the molecule is CCCCc1ncc(C(C)NS(=O)(=O)CCCCCN2CC(=O)NC2=O)[nH]1. The van der Waals surface area contributed by atoms with Crippen molar-refractivity contribution >= 4 is 22.0 Å². The first-order valence-corrected chi connectivity index (χ1v) is 11.1. The Hall–Kier alpha value is -1.94. The predicted molar refractivity (Wildman–Crippen MR) is 101 cm³/mol. The molecule has 1 aromatic rings. The van der Waals surface area contributed by atoms with Crippen LogP contribution in [0.5, 0.6) is 0 Å². The first-order chi connectivity index (χ1) is 12.8. The molecule has 0 aliphatic carbocycles. The lowest BCUT2D eigenvalue weighted by Crippen LogP contribution is -2.30. The van der Waals surface area contributed by atoms with E-state index in [0.29, 0.717) is 25.8 Å². The molecule has 0 bridgehead atoms. The van der Waals surface area contributed by atoms with E-state index in [1.54, 1.807) is 13.1 Å². The molecule has 1 fully saturated rings. The lowest BCUT2D eigenvalue weighted by Gasteiger charge is -2.14. The van der Waals surface area contributed by atoms with Gasteiger partial charge in [-0.3, -0.25) is 10.1 Å². The van der Waals surface area contributed by atoms with E-state index < -0.39 is 10.0 Å². The van der Waals surface area contributed by atoms with Crippen LogP contribution in [-0.4, -0.2) is 54.1 Å². The summed E-state index contributed by atoms with van der Waals surface area (Å²) in [5, 5.41) is 2.22. The van der Waals surface area contributed by atoms with Crippen LogP contribution < -0.4 is 10.0 Å². The monoisotopic (exact) mass is 399 g/mol. The van der Waals surface area contributed by atoms with Crippen molar-refractivity contribution in [1.82, 2.24) is 24.9 Å². The molecule has 10 heteroatoms. The Morgan fingerprint density at radius 1 is 1.26 bits per heavy atom. The molecule has 3 N–H and O–H groups in total. The van der Waals surface area contributed by atoms with Gasteiger partial charge in [0.2, 0.25) is 15.9 Å². The summed E-state index contributed by atoms with van der Waals surface area (Å²) in [5.41, 5.74) is 0.759. The van der Waals surface area contributed by atoms with Crippen LogP contribution in [-0.2, 0) is 21.2 Å². The van der Waals surface area contributed by atoms with Crippen molar-refractivity contribution in [1.29, 1.82) is 0 Å². The summed E-state index contributed by atoms with van der Waals surface area (Å²) in [6, 6.07) is -0.738. The average Bonchev–Trinajstić information content (AvgIpc) is 3.18. The second-order valence-electron chi connectivity index (χ2n) is 6.88. The van der Waals surface area contributed by atoms with Gasteiger partial charge in [0.1, 0.15) is 12.4 Å². The van der Waals surface area contributed by atoms with E-state index in [2.05, 4.69) is 26.9 Å². The highest BCUT2D eigenvalue weighted by atomic mass is 32.2. The second-order valence-corrected chi connectivity index (χ2v) is 8.76. The summed E-state index contributed by atoms with van der Waals surface area (Å²) >= 11 is 0. The fourth-order valence-corrected chi connectivity index (χ4v) is 4.26. The zero-order chi connectivity index (χ0) is 19.9. The van der Waals surface area contributed by atoms with E-state index in [0.717, 1.165) is 30.8 Å². The number of hydrogen-bond donors (Lipinski definition) is 3. The molecule has 1 atom stereocenters. The van der Waals surface area contributed by atoms with Gasteiger partial charge in [-0.15, -0.1) is 0 Å². The number of aromatic nitrogens is 2. The summed E-state index contributed by atoms with van der Waals surface area (Å²) in [7, 11) is -3.40. The number of rotatable bonds is 12. The summed E-state index contributed by atoms with van der Waals surface area (Å²) in [5.74, 6) is 0.610. The first kappa shape index (κ1) is 21.4. The molecule has 27 heavy (non-hydrogen) atoms. The Bertz CT molecular complexity index is 746. The highest BCUT2D eigenvalue weighted by molar-refractivity contribution is 7.89. The largest absolute Gasteiger partial charge is 0.345 e. The maximum atomic E-state index is 12.2. The van der Waals surface area contributed by atoms with Gasteiger partial charge in [0.05, 0.1) is 17.5 Å². The molecule has 0 spiro atoms. The molecule has 1 aliphatic heterocycles. The van der Waals surface area contributed by atoms with Gasteiger partial charge < -0.3 is 9.88 Å². The Morgan fingerprint density at radius 2 is 2.04 bits per heavy atom. The molecule has 152 valence electrons. The van der Waals surface area contributed by atoms with Crippen LogP contribution >= 0.6 is 0 Å². The minimum absolute atomic E-state index is 0.0271. The number of H-pyrrole nitrogens is 1. The van der Waals surface area contributed by atoms with Crippen LogP contribution in [0.3, 0.4) is 0 Å². The molecule has 1 aliphatic rings. The van der Waals surface area contributed by atoms with Gasteiger partial charge in [-0.2, -0.15) is 0 Å². The van der Waals surface area contributed by atoms with E-state index in [4.69, 9.17) is 0 Å². The molecule has 2 rings (SSSR count). The van der Waals surface area contributed by atoms with E-state index in [-0.39, 0.29) is 30.3 Å². The van der Waals surface area contributed by atoms with Gasteiger partial charge in [-0.25, -0.2) is 22.9 Å². The quantitative estimate of drug-likeness (QED) is 0.362. The Labute approximate surface area is 160 Å². The van der Waals surface area contributed by atoms with Crippen molar-refractivity contribution in [3.63, 3.8) is 0 Å². The normalized spacial score (nSPS) is 16.0. The van der Waals surface area contributed by atoms with Crippen molar-refractivity contribution < 1.29 is 18.0 Å². The van der Waals surface area contributed by atoms with Gasteiger partial charge in [-0.05, 0) is 26.2 Å². The average molecular weight is 400 g/mol. The molecule has 1 saturated heterocycles. The van der Waals surface area contributed by atoms with Crippen LogP contribution in [0.15, 0.2) is 6.20 Å². The van der Waals surface area contributed by atoms with Crippen LogP contribution in [0.25, 0.3) is 0 Å². The van der Waals surface area contributed by atoms with E-state index >= 15 is 0 Å². The number of carbonyl (C=O) groups excluding carboxylic acids is 2. The number of nitrogens with zero attached hydrogens (tertiary/aromatic N) is 2. The lowest BCUT2D eigenvalue weighted by atomic mass is 10.2. The minimum atomic E-state index is -3.40. The van der Waals surface area contributed by atoms with Gasteiger partial charge in [-0.1, -0.05) is 19.8 Å². The summed E-state index contributed by atoms with van der Waals surface area (Å²) < 4.78 is 27.2. The highest BCUT2D eigenvalue weighted by Gasteiger charge is 2.25. The lowest BCUT2D eigenvalue weighted by molar-refractivity contribution is -0.118. The molecule has 0 saturated carbocycles. The number of hydrogen-bond acceptors (Lipinski definition) is 5. The Balaban J connectivity index is 1.69. The molecule has 0 aromatic carbocycles. The number of nitrogens with one attached hydrogen (secondary N) is 3. The number of unbranched alkanes of at least 4 members (excludes halogenated alkanes) is 3. The summed E-state index contributed by atoms with van der Waals surface area (Å²) in [6.07, 6.45) is 6.48. The molecule has 1 unspecified atom stereocenters. The topological polar surface area (TPSA) is 124 Å². The third-order valence-corrected chi connectivity index (χ3v) is 5.99. The van der Waals surface area contributed by atoms with Crippen molar-refractivity contribution in [2.45, 2.75) is 58.4 Å². The van der Waals surface area contributed by atoms with Gasteiger partial charge in [0.25, 0.3) is 0 Å². The fourth-order valence-electron chi connectivity index (χ4n) is 2.90. The number of imide groups is 1. The van der Waals surface area contributed by atoms with Gasteiger partial charge in [0.15, 0.2) is 0 Å². The zero-order valence-corrected chi connectivity index (χ0v) is 16.8. The van der Waals surface area contributed by atoms with Crippen molar-refractivity contribution in [2.24, 2.45) is 0 Å². The molecule has 3 amide bonds. The Kier molecular flexibility index (Phi) is 7.78. The summed E-state index contributed by atoms with van der Waals surface area (Å²) in [6.45, 7) is 4.44. The highest BCUT2D eigenvalue weighted by Crippen LogP contribution is 2.13. The van der Waals surface area contributed by atoms with Gasteiger partial charge in [0, 0.05) is 19.2 Å². The standard InChI is InChI=1S/C17H29N5O4S/c1-3-4-8-15-18-11-14(19-15)13(2)21-27(25,26)10-7-5-6-9-22-12-16(23)20-17(22)24/h11,13,21H,3-10,12H2,1-2H3,(H,18,19)(H,20,23,24). The number of urea groups is 1. The van der Waals surface area contributed by atoms with E-state index in [9.17, 15) is 18.0 Å². The summed E-state index contributed by atoms with van der Waals surface area (Å²) in [4.78, 5) is 31.4. The van der Waals surface area contributed by atoms with Crippen molar-refractivity contribution in [3.05, 3.63) is 17.7 Å². The molecule has 0 radical (unpaired) electrons.